The van der Waals surface area contributed by atoms with E-state index in [-0.39, 0.29) is 10.5 Å². The molecule has 0 aliphatic heterocycles. The second-order valence-corrected chi connectivity index (χ2v) is 12.0. The maximum absolute atomic E-state index is 13.0. The van der Waals surface area contributed by atoms with Gasteiger partial charge in [-0.25, -0.2) is 13.2 Å². The number of benzene rings is 2. The quantitative estimate of drug-likeness (QED) is 0.418. The van der Waals surface area contributed by atoms with Crippen LogP contribution in [0.5, 0.6) is 0 Å². The van der Waals surface area contributed by atoms with Crippen LogP contribution < -0.4 is 15.4 Å². The summed E-state index contributed by atoms with van der Waals surface area (Å²) in [6.45, 7) is 1.52. The summed E-state index contributed by atoms with van der Waals surface area (Å²) in [6, 6.07) is 13.9. The van der Waals surface area contributed by atoms with Crippen molar-refractivity contribution in [3.8, 4) is 0 Å². The molecule has 194 valence electrons. The minimum atomic E-state index is -3.93. The number of rotatable bonds is 8. The average Bonchev–Trinajstić information content (AvgIpc) is 3.24. The molecule has 11 heteroatoms. The van der Waals surface area contributed by atoms with Crippen molar-refractivity contribution in [2.24, 2.45) is 11.7 Å². The minimum Gasteiger partial charge on any atom is -0.452 e. The number of anilines is 2. The predicted molar refractivity (Wildman–Crippen MR) is 141 cm³/mol. The van der Waals surface area contributed by atoms with Crippen molar-refractivity contribution in [3.05, 3.63) is 76.2 Å². The Morgan fingerprint density at radius 3 is 2.57 bits per heavy atom. The van der Waals surface area contributed by atoms with Crippen LogP contribution in [0.4, 0.5) is 10.7 Å². The molecule has 1 aliphatic rings. The smallest absolute Gasteiger partial charge is 0.338 e. The van der Waals surface area contributed by atoms with E-state index in [0.717, 1.165) is 34.0 Å². The van der Waals surface area contributed by atoms with Crippen LogP contribution in [-0.2, 0) is 32.4 Å². The molecule has 0 radical (unpaired) electrons. The summed E-state index contributed by atoms with van der Waals surface area (Å²) in [6.07, 6.45) is 2.46. The predicted octanol–water partition coefficient (Wildman–Crippen LogP) is 3.59. The number of nitrogens with zero attached hydrogens (tertiary/aromatic N) is 1. The molecule has 1 atom stereocenters. The number of fused-ring (bicyclic) bond motifs is 1. The molecule has 0 saturated heterocycles. The van der Waals surface area contributed by atoms with Crippen molar-refractivity contribution in [2.45, 2.75) is 31.1 Å². The van der Waals surface area contributed by atoms with Crippen LogP contribution in [0.2, 0.25) is 0 Å². The lowest BCUT2D eigenvalue weighted by molar-refractivity contribution is -0.119. The fourth-order valence-corrected chi connectivity index (χ4v) is 6.87. The van der Waals surface area contributed by atoms with Crippen LogP contribution in [0, 0.1) is 5.92 Å². The van der Waals surface area contributed by atoms with E-state index in [1.807, 2.05) is 0 Å². The number of amides is 2. The summed E-state index contributed by atoms with van der Waals surface area (Å²) in [5, 5.41) is 2.99. The number of para-hydroxylation sites is 1. The molecule has 1 aromatic heterocycles. The van der Waals surface area contributed by atoms with E-state index < -0.39 is 34.4 Å². The summed E-state index contributed by atoms with van der Waals surface area (Å²) in [5.41, 5.74) is 7.21. The molecule has 2 amide bonds. The molecular formula is C26H27N3O6S2. The highest BCUT2D eigenvalue weighted by molar-refractivity contribution is 7.92. The molecular weight excluding hydrogens is 514 g/mol. The number of thiophene rings is 1. The lowest BCUT2D eigenvalue weighted by atomic mass is 9.88. The fraction of sp³-hybridized carbons (Fsp3) is 0.269. The number of sulfonamides is 1. The monoisotopic (exact) mass is 541 g/mol. The highest BCUT2D eigenvalue weighted by Crippen LogP contribution is 2.39. The number of nitrogens with two attached hydrogens (primary N) is 1. The van der Waals surface area contributed by atoms with Gasteiger partial charge in [0, 0.05) is 11.9 Å². The van der Waals surface area contributed by atoms with Crippen molar-refractivity contribution >= 4 is 49.8 Å². The third kappa shape index (κ3) is 5.67. The van der Waals surface area contributed by atoms with E-state index in [1.165, 1.54) is 42.6 Å². The van der Waals surface area contributed by atoms with Gasteiger partial charge in [-0.2, -0.15) is 0 Å². The van der Waals surface area contributed by atoms with Crippen molar-refractivity contribution in [2.75, 3.05) is 23.3 Å². The zero-order valence-electron chi connectivity index (χ0n) is 20.4. The fourth-order valence-electron chi connectivity index (χ4n) is 4.19. The average molecular weight is 542 g/mol. The number of ether oxygens (including phenoxy) is 1. The first-order valence-electron chi connectivity index (χ1n) is 11.6. The molecule has 0 unspecified atom stereocenters. The number of carbonyl (C=O) groups excluding carboxylic acids is 3. The van der Waals surface area contributed by atoms with Crippen LogP contribution in [0.15, 0.2) is 59.5 Å². The van der Waals surface area contributed by atoms with Crippen molar-refractivity contribution in [1.82, 2.24) is 0 Å². The number of hydrogen-bond acceptors (Lipinski definition) is 7. The van der Waals surface area contributed by atoms with Crippen LogP contribution in [0.3, 0.4) is 0 Å². The second kappa shape index (κ2) is 10.7. The summed E-state index contributed by atoms with van der Waals surface area (Å²) >= 11 is 1.31. The van der Waals surface area contributed by atoms with Crippen LogP contribution in [0.25, 0.3) is 0 Å². The number of carbonyl (C=O) groups is 3. The zero-order chi connectivity index (χ0) is 26.7. The maximum atomic E-state index is 13.0. The van der Waals surface area contributed by atoms with E-state index in [4.69, 9.17) is 10.5 Å². The molecule has 2 aromatic carbocycles. The molecule has 9 nitrogen and oxygen atoms in total. The van der Waals surface area contributed by atoms with Gasteiger partial charge in [-0.3, -0.25) is 13.9 Å². The number of nitrogens with one attached hydrogen (secondary N) is 1. The van der Waals surface area contributed by atoms with E-state index in [1.54, 1.807) is 30.3 Å². The van der Waals surface area contributed by atoms with Crippen molar-refractivity contribution in [3.63, 3.8) is 0 Å². The number of primary amides is 1. The van der Waals surface area contributed by atoms with Crippen molar-refractivity contribution in [1.29, 1.82) is 0 Å². The van der Waals surface area contributed by atoms with Gasteiger partial charge in [-0.15, -0.1) is 11.3 Å². The van der Waals surface area contributed by atoms with Gasteiger partial charge in [0.05, 0.1) is 21.7 Å². The highest BCUT2D eigenvalue weighted by Gasteiger charge is 2.28. The first kappa shape index (κ1) is 26.4. The normalized spacial score (nSPS) is 14.9. The molecule has 0 saturated carbocycles. The van der Waals surface area contributed by atoms with Crippen LogP contribution in [0.1, 0.15) is 44.5 Å². The summed E-state index contributed by atoms with van der Waals surface area (Å²) in [5.74, 6) is -1.62. The van der Waals surface area contributed by atoms with Gasteiger partial charge < -0.3 is 15.8 Å². The first-order chi connectivity index (χ1) is 17.6. The Kier molecular flexibility index (Phi) is 7.65. The summed E-state index contributed by atoms with van der Waals surface area (Å²) < 4.78 is 32.3. The van der Waals surface area contributed by atoms with E-state index in [2.05, 4.69) is 12.2 Å². The second-order valence-electron chi connectivity index (χ2n) is 8.88. The lowest BCUT2D eigenvalue weighted by Crippen LogP contribution is -2.27. The Bertz CT molecular complexity index is 1450. The largest absolute Gasteiger partial charge is 0.452 e. The topological polar surface area (TPSA) is 136 Å². The van der Waals surface area contributed by atoms with Gasteiger partial charge in [0.1, 0.15) is 5.00 Å². The maximum Gasteiger partial charge on any atom is 0.338 e. The summed E-state index contributed by atoms with van der Waals surface area (Å²) in [4.78, 5) is 38.1. The van der Waals surface area contributed by atoms with Crippen LogP contribution in [-0.4, -0.2) is 39.9 Å². The van der Waals surface area contributed by atoms with Gasteiger partial charge in [0.2, 0.25) is 0 Å². The van der Waals surface area contributed by atoms with E-state index in [0.29, 0.717) is 22.2 Å². The Hall–Kier alpha value is -3.70. The van der Waals surface area contributed by atoms with Gasteiger partial charge in [0.15, 0.2) is 6.61 Å². The summed E-state index contributed by atoms with van der Waals surface area (Å²) in [7, 11) is -2.51. The third-order valence-corrected chi connectivity index (χ3v) is 9.14. The molecule has 3 N–H and O–H groups in total. The molecule has 37 heavy (non-hydrogen) atoms. The van der Waals surface area contributed by atoms with E-state index >= 15 is 0 Å². The van der Waals surface area contributed by atoms with E-state index in [9.17, 15) is 22.8 Å². The molecule has 1 heterocycles. The zero-order valence-corrected chi connectivity index (χ0v) is 22.0. The third-order valence-electron chi connectivity index (χ3n) is 6.19. The SMILES string of the molecule is C[C@H]1CCc2c(sc(NC(=O)COC(=O)c3cccc(S(=O)(=O)N(C)c4ccccc4)c3)c2C(N)=O)C1. The Morgan fingerprint density at radius 2 is 1.86 bits per heavy atom. The molecule has 0 bridgehead atoms. The number of hydrogen-bond donors (Lipinski definition) is 2. The Labute approximate surface area is 219 Å². The number of esters is 1. The Balaban J connectivity index is 1.43. The minimum absolute atomic E-state index is 0.0197. The van der Waals surface area contributed by atoms with Gasteiger partial charge in [-0.05, 0) is 61.1 Å². The molecule has 0 fully saturated rings. The standard InChI is InChI=1S/C26H27N3O6S2/c1-16-11-12-20-21(13-16)36-25(23(20)24(27)31)28-22(30)15-35-26(32)17-7-6-10-19(14-17)37(33,34)29(2)18-8-4-3-5-9-18/h3-10,14,16H,11-13,15H2,1-2H3,(H2,27,31)(H,28,30)/t16-/m0/s1. The van der Waals surface area contributed by atoms with Gasteiger partial charge in [-0.1, -0.05) is 31.2 Å². The Morgan fingerprint density at radius 1 is 1.14 bits per heavy atom. The van der Waals surface area contributed by atoms with Crippen LogP contribution >= 0.6 is 11.3 Å². The molecule has 4 rings (SSSR count). The molecule has 0 spiro atoms. The lowest BCUT2D eigenvalue weighted by Gasteiger charge is -2.19. The van der Waals surface area contributed by atoms with Gasteiger partial charge in [0.25, 0.3) is 21.8 Å². The highest BCUT2D eigenvalue weighted by atomic mass is 32.2. The molecule has 1 aliphatic carbocycles. The first-order valence-corrected chi connectivity index (χ1v) is 13.9. The molecule has 3 aromatic rings. The van der Waals surface area contributed by atoms with Crippen molar-refractivity contribution < 1.29 is 27.5 Å². The van der Waals surface area contributed by atoms with Gasteiger partial charge >= 0.3 is 5.97 Å².